The van der Waals surface area contributed by atoms with E-state index in [1.165, 1.54) is 0 Å². The fourth-order valence-electron chi connectivity index (χ4n) is 2.12. The van der Waals surface area contributed by atoms with Gasteiger partial charge >= 0.3 is 0 Å². The first kappa shape index (κ1) is 16.2. The predicted octanol–water partition coefficient (Wildman–Crippen LogP) is 3.91. The van der Waals surface area contributed by atoms with E-state index in [1.807, 2.05) is 37.3 Å². The van der Waals surface area contributed by atoms with E-state index < -0.39 is 0 Å². The van der Waals surface area contributed by atoms with Gasteiger partial charge in [0.05, 0.1) is 9.26 Å². The molecule has 112 valence electrons. The van der Waals surface area contributed by atoms with Crippen LogP contribution >= 0.6 is 22.6 Å². The van der Waals surface area contributed by atoms with E-state index in [0.29, 0.717) is 24.2 Å². The van der Waals surface area contributed by atoms with Crippen molar-refractivity contribution in [1.82, 2.24) is 9.97 Å². The van der Waals surface area contributed by atoms with Gasteiger partial charge in [0.1, 0.15) is 11.9 Å². The number of nitrogen functional groups attached to an aromatic ring is 1. The molecule has 2 N–H and O–H groups in total. The smallest absolute Gasteiger partial charge is 0.164 e. The molecule has 0 fully saturated rings. The average molecular weight is 397 g/mol. The molecule has 0 radical (unpaired) electrons. The lowest BCUT2D eigenvalue weighted by atomic mass is 10.1. The van der Waals surface area contributed by atoms with E-state index in [4.69, 9.17) is 15.5 Å². The molecule has 0 amide bonds. The van der Waals surface area contributed by atoms with Crippen molar-refractivity contribution in [2.75, 3.05) is 12.3 Å². The summed E-state index contributed by atoms with van der Waals surface area (Å²) < 4.78 is 6.79. The first-order valence-corrected chi connectivity index (χ1v) is 8.11. The molecule has 2 rings (SSSR count). The molecule has 1 atom stereocenters. The van der Waals surface area contributed by atoms with Gasteiger partial charge in [0.2, 0.25) is 0 Å². The van der Waals surface area contributed by atoms with Crippen molar-refractivity contribution < 1.29 is 4.74 Å². The molecule has 0 spiro atoms. The van der Waals surface area contributed by atoms with Crippen molar-refractivity contribution in [3.8, 4) is 0 Å². The van der Waals surface area contributed by atoms with E-state index in [2.05, 4.69) is 41.4 Å². The second kappa shape index (κ2) is 7.17. The van der Waals surface area contributed by atoms with Crippen LogP contribution in [-0.2, 0) is 4.74 Å². The summed E-state index contributed by atoms with van der Waals surface area (Å²) in [4.78, 5) is 9.15. The Kier molecular flexibility index (Phi) is 5.52. The van der Waals surface area contributed by atoms with Gasteiger partial charge in [0, 0.05) is 6.61 Å². The monoisotopic (exact) mass is 397 g/mol. The first-order valence-electron chi connectivity index (χ1n) is 7.03. The summed E-state index contributed by atoms with van der Waals surface area (Å²) in [5.74, 6) is 1.44. The lowest BCUT2D eigenvalue weighted by molar-refractivity contribution is 0.0850. The Hall–Kier alpha value is -1.21. The molecule has 2 aromatic rings. The van der Waals surface area contributed by atoms with Crippen LogP contribution in [-0.4, -0.2) is 16.6 Å². The summed E-state index contributed by atoms with van der Waals surface area (Å²) in [5.41, 5.74) is 8.06. The van der Waals surface area contributed by atoms with E-state index in [1.54, 1.807) is 0 Å². The molecular weight excluding hydrogens is 377 g/mol. The standard InChI is InChI=1S/C16H20IN3O/c1-4-21-14(11-8-6-5-7-9-11)16-19-13(10(2)3)12(17)15(18)20-16/h5-10,14H,4H2,1-3H3,(H2,18,19,20). The average Bonchev–Trinajstić information content (AvgIpc) is 2.48. The second-order valence-corrected chi connectivity index (χ2v) is 6.15. The topological polar surface area (TPSA) is 61.0 Å². The molecule has 1 aromatic heterocycles. The number of nitrogens with two attached hydrogens (primary N) is 1. The van der Waals surface area contributed by atoms with Crippen LogP contribution in [0.1, 0.15) is 49.9 Å². The van der Waals surface area contributed by atoms with Crippen molar-refractivity contribution in [2.24, 2.45) is 0 Å². The van der Waals surface area contributed by atoms with Crippen LogP contribution < -0.4 is 5.73 Å². The maximum absolute atomic E-state index is 6.06. The van der Waals surface area contributed by atoms with Crippen molar-refractivity contribution in [3.63, 3.8) is 0 Å². The van der Waals surface area contributed by atoms with Gasteiger partial charge in [-0.15, -0.1) is 0 Å². The number of anilines is 1. The zero-order valence-corrected chi connectivity index (χ0v) is 14.7. The highest BCUT2D eigenvalue weighted by molar-refractivity contribution is 14.1. The van der Waals surface area contributed by atoms with Gasteiger partial charge in [-0.05, 0) is 41.0 Å². The summed E-state index contributed by atoms with van der Waals surface area (Å²) in [5, 5.41) is 0. The number of nitrogens with zero attached hydrogens (tertiary/aromatic N) is 2. The summed E-state index contributed by atoms with van der Waals surface area (Å²) in [7, 11) is 0. The molecular formula is C16H20IN3O. The molecule has 1 heterocycles. The summed E-state index contributed by atoms with van der Waals surface area (Å²) in [6, 6.07) is 10.00. The first-order chi connectivity index (χ1) is 10.0. The number of hydrogen-bond donors (Lipinski definition) is 1. The zero-order chi connectivity index (χ0) is 15.4. The van der Waals surface area contributed by atoms with E-state index in [9.17, 15) is 0 Å². The molecule has 0 bridgehead atoms. The minimum atomic E-state index is -0.284. The molecule has 0 aliphatic carbocycles. The molecule has 0 aliphatic rings. The van der Waals surface area contributed by atoms with Crippen molar-refractivity contribution in [1.29, 1.82) is 0 Å². The fourth-order valence-corrected chi connectivity index (χ4v) is 2.98. The molecule has 4 nitrogen and oxygen atoms in total. The SMILES string of the molecule is CCOC(c1ccccc1)c1nc(N)c(I)c(C(C)C)n1. The maximum Gasteiger partial charge on any atom is 0.164 e. The van der Waals surface area contributed by atoms with Gasteiger partial charge in [-0.25, -0.2) is 9.97 Å². The van der Waals surface area contributed by atoms with Crippen LogP contribution in [0.2, 0.25) is 0 Å². The van der Waals surface area contributed by atoms with E-state index >= 15 is 0 Å². The number of benzene rings is 1. The number of rotatable bonds is 5. The molecule has 1 aromatic carbocycles. The van der Waals surface area contributed by atoms with Crippen molar-refractivity contribution in [2.45, 2.75) is 32.8 Å². The second-order valence-electron chi connectivity index (χ2n) is 5.07. The molecule has 21 heavy (non-hydrogen) atoms. The Morgan fingerprint density at radius 1 is 1.19 bits per heavy atom. The third kappa shape index (κ3) is 3.71. The molecule has 0 aliphatic heterocycles. The molecule has 0 saturated carbocycles. The Balaban J connectivity index is 2.51. The van der Waals surface area contributed by atoms with Crippen LogP contribution in [0, 0.1) is 3.57 Å². The summed E-state index contributed by atoms with van der Waals surface area (Å²) >= 11 is 2.21. The lowest BCUT2D eigenvalue weighted by Crippen LogP contribution is -2.15. The van der Waals surface area contributed by atoms with Gasteiger partial charge in [-0.3, -0.25) is 0 Å². The van der Waals surface area contributed by atoms with Crippen LogP contribution in [0.15, 0.2) is 30.3 Å². The fraction of sp³-hybridized carbons (Fsp3) is 0.375. The summed E-state index contributed by atoms with van der Waals surface area (Å²) in [6.45, 7) is 6.76. The summed E-state index contributed by atoms with van der Waals surface area (Å²) in [6.07, 6.45) is -0.284. The highest BCUT2D eigenvalue weighted by Crippen LogP contribution is 2.29. The number of ether oxygens (including phenoxy) is 1. The van der Waals surface area contributed by atoms with E-state index in [-0.39, 0.29) is 6.10 Å². The number of aromatic nitrogens is 2. The quantitative estimate of drug-likeness (QED) is 0.778. The van der Waals surface area contributed by atoms with Crippen molar-refractivity contribution in [3.05, 3.63) is 51.0 Å². The van der Waals surface area contributed by atoms with Crippen molar-refractivity contribution >= 4 is 28.4 Å². The highest BCUT2D eigenvalue weighted by Gasteiger charge is 2.21. The van der Waals surface area contributed by atoms with Crippen LogP contribution in [0.5, 0.6) is 0 Å². The van der Waals surface area contributed by atoms with Crippen LogP contribution in [0.25, 0.3) is 0 Å². The van der Waals surface area contributed by atoms with Gasteiger partial charge < -0.3 is 10.5 Å². The number of halogens is 1. The Morgan fingerprint density at radius 3 is 2.43 bits per heavy atom. The lowest BCUT2D eigenvalue weighted by Gasteiger charge is -2.19. The zero-order valence-electron chi connectivity index (χ0n) is 12.5. The largest absolute Gasteiger partial charge is 0.383 e. The van der Waals surface area contributed by atoms with Gasteiger partial charge in [0.15, 0.2) is 5.82 Å². The minimum absolute atomic E-state index is 0.284. The number of hydrogen-bond acceptors (Lipinski definition) is 4. The Morgan fingerprint density at radius 2 is 1.86 bits per heavy atom. The third-order valence-electron chi connectivity index (χ3n) is 3.14. The molecule has 5 heteroatoms. The van der Waals surface area contributed by atoms with Crippen LogP contribution in [0.4, 0.5) is 5.82 Å². The molecule has 0 saturated heterocycles. The van der Waals surface area contributed by atoms with Crippen LogP contribution in [0.3, 0.4) is 0 Å². The Labute approximate surface area is 139 Å². The highest BCUT2D eigenvalue weighted by atomic mass is 127. The Bertz CT molecular complexity index is 602. The minimum Gasteiger partial charge on any atom is -0.383 e. The third-order valence-corrected chi connectivity index (χ3v) is 4.24. The van der Waals surface area contributed by atoms with Gasteiger partial charge in [-0.1, -0.05) is 44.2 Å². The normalized spacial score (nSPS) is 12.6. The predicted molar refractivity (Wildman–Crippen MR) is 93.2 cm³/mol. The maximum atomic E-state index is 6.06. The van der Waals surface area contributed by atoms with E-state index in [0.717, 1.165) is 14.8 Å². The molecule has 1 unspecified atom stereocenters. The van der Waals surface area contributed by atoms with Gasteiger partial charge in [0.25, 0.3) is 0 Å². The van der Waals surface area contributed by atoms with Gasteiger partial charge in [-0.2, -0.15) is 0 Å².